The average molecular weight is 275 g/mol. The van der Waals surface area contributed by atoms with Gasteiger partial charge in [-0.25, -0.2) is 4.39 Å². The maximum Gasteiger partial charge on any atom is 0.137 e. The highest BCUT2D eigenvalue weighted by Crippen LogP contribution is 2.20. The van der Waals surface area contributed by atoms with Crippen molar-refractivity contribution in [2.45, 2.75) is 11.3 Å². The molecule has 0 heterocycles. The molecule has 2 aromatic rings. The number of nitrogens with zero attached hydrogens (tertiary/aromatic N) is 1. The van der Waals surface area contributed by atoms with Gasteiger partial charge in [0.25, 0.3) is 0 Å². The van der Waals surface area contributed by atoms with Gasteiger partial charge in [0, 0.05) is 11.3 Å². The van der Waals surface area contributed by atoms with Gasteiger partial charge in [-0.05, 0) is 29.5 Å². The molecule has 0 atom stereocenters. The van der Waals surface area contributed by atoms with Gasteiger partial charge in [-0.15, -0.1) is 11.8 Å². The first-order valence-electron chi connectivity index (χ1n) is 5.83. The van der Waals surface area contributed by atoms with E-state index in [0.717, 1.165) is 11.1 Å². The number of hydrogen-bond acceptors (Lipinski definition) is 3. The number of hydrogen-bond donors (Lipinski definition) is 1. The van der Waals surface area contributed by atoms with Crippen LogP contribution in [0.1, 0.15) is 11.1 Å². The standard InChI is InChI=1S/C15H14FNOS/c1-19-15-8-7-11(9-13(15)16)10-14(17-18)12-5-3-2-4-6-12/h2-9,18H,10H2,1H3/b17-14+. The summed E-state index contributed by atoms with van der Waals surface area (Å²) in [4.78, 5) is 0.617. The second-order valence-corrected chi connectivity index (χ2v) is 4.91. The van der Waals surface area contributed by atoms with Crippen LogP contribution in [0.5, 0.6) is 0 Å². The van der Waals surface area contributed by atoms with Crippen LogP contribution >= 0.6 is 11.8 Å². The monoisotopic (exact) mass is 275 g/mol. The molecule has 19 heavy (non-hydrogen) atoms. The highest BCUT2D eigenvalue weighted by Gasteiger charge is 2.08. The summed E-state index contributed by atoms with van der Waals surface area (Å²) in [5.41, 5.74) is 2.14. The summed E-state index contributed by atoms with van der Waals surface area (Å²) < 4.78 is 13.7. The van der Waals surface area contributed by atoms with Crippen LogP contribution in [0.3, 0.4) is 0 Å². The smallest absolute Gasteiger partial charge is 0.137 e. The van der Waals surface area contributed by atoms with E-state index in [1.807, 2.05) is 42.7 Å². The zero-order chi connectivity index (χ0) is 13.7. The number of oxime groups is 1. The van der Waals surface area contributed by atoms with E-state index >= 15 is 0 Å². The zero-order valence-electron chi connectivity index (χ0n) is 10.5. The average Bonchev–Trinajstić information content (AvgIpc) is 2.46. The van der Waals surface area contributed by atoms with Crippen LogP contribution in [0, 0.1) is 5.82 Å². The molecule has 0 bridgehead atoms. The Morgan fingerprint density at radius 2 is 1.95 bits per heavy atom. The van der Waals surface area contributed by atoms with Crippen molar-refractivity contribution in [1.29, 1.82) is 0 Å². The van der Waals surface area contributed by atoms with Crippen LogP contribution in [-0.4, -0.2) is 17.2 Å². The van der Waals surface area contributed by atoms with Crippen molar-refractivity contribution in [2.24, 2.45) is 5.16 Å². The predicted octanol–water partition coefficient (Wildman–Crippen LogP) is 3.97. The lowest BCUT2D eigenvalue weighted by molar-refractivity contribution is 0.318. The van der Waals surface area contributed by atoms with Gasteiger partial charge < -0.3 is 5.21 Å². The molecule has 98 valence electrons. The Morgan fingerprint density at radius 3 is 2.53 bits per heavy atom. The summed E-state index contributed by atoms with van der Waals surface area (Å²) in [6, 6.07) is 14.4. The summed E-state index contributed by atoms with van der Waals surface area (Å²) in [5.74, 6) is -0.240. The highest BCUT2D eigenvalue weighted by atomic mass is 32.2. The molecule has 0 aliphatic heterocycles. The fraction of sp³-hybridized carbons (Fsp3) is 0.133. The van der Waals surface area contributed by atoms with Crippen LogP contribution < -0.4 is 0 Å². The molecule has 0 aliphatic carbocycles. The van der Waals surface area contributed by atoms with Gasteiger partial charge in [0.05, 0.1) is 5.71 Å². The Morgan fingerprint density at radius 1 is 1.21 bits per heavy atom. The van der Waals surface area contributed by atoms with E-state index in [4.69, 9.17) is 5.21 Å². The molecule has 2 aromatic carbocycles. The van der Waals surface area contributed by atoms with E-state index in [0.29, 0.717) is 17.0 Å². The van der Waals surface area contributed by atoms with Gasteiger partial charge in [-0.1, -0.05) is 41.6 Å². The third kappa shape index (κ3) is 3.35. The number of halogens is 1. The first-order valence-corrected chi connectivity index (χ1v) is 7.06. The molecular formula is C15H14FNOS. The maximum atomic E-state index is 13.7. The Labute approximate surface area is 116 Å². The lowest BCUT2D eigenvalue weighted by Crippen LogP contribution is -2.05. The van der Waals surface area contributed by atoms with E-state index in [9.17, 15) is 4.39 Å². The molecule has 0 fully saturated rings. The van der Waals surface area contributed by atoms with E-state index in [-0.39, 0.29) is 5.82 Å². The first-order chi connectivity index (χ1) is 9.24. The van der Waals surface area contributed by atoms with Crippen LogP contribution in [0.4, 0.5) is 4.39 Å². The van der Waals surface area contributed by atoms with Gasteiger partial charge in [0.15, 0.2) is 0 Å². The SMILES string of the molecule is CSc1ccc(C/C(=N\O)c2ccccc2)cc1F. The molecule has 2 rings (SSSR count). The Hall–Kier alpha value is -1.81. The summed E-state index contributed by atoms with van der Waals surface area (Å²) in [6.45, 7) is 0. The van der Waals surface area contributed by atoms with E-state index in [2.05, 4.69) is 5.16 Å². The van der Waals surface area contributed by atoms with E-state index < -0.39 is 0 Å². The molecule has 0 amide bonds. The summed E-state index contributed by atoms with van der Waals surface area (Å²) in [5, 5.41) is 12.4. The topological polar surface area (TPSA) is 32.6 Å². The largest absolute Gasteiger partial charge is 0.411 e. The fourth-order valence-corrected chi connectivity index (χ4v) is 2.30. The van der Waals surface area contributed by atoms with Gasteiger partial charge in [-0.3, -0.25) is 0 Å². The Kier molecular flexibility index (Phi) is 4.58. The zero-order valence-corrected chi connectivity index (χ0v) is 11.3. The third-order valence-corrected chi connectivity index (χ3v) is 3.59. The lowest BCUT2D eigenvalue weighted by atomic mass is 10.0. The maximum absolute atomic E-state index is 13.7. The van der Waals surface area contributed by atoms with Crippen molar-refractivity contribution >= 4 is 17.5 Å². The van der Waals surface area contributed by atoms with Crippen molar-refractivity contribution in [2.75, 3.05) is 6.26 Å². The van der Waals surface area contributed by atoms with Crippen molar-refractivity contribution in [3.63, 3.8) is 0 Å². The summed E-state index contributed by atoms with van der Waals surface area (Å²) >= 11 is 1.37. The van der Waals surface area contributed by atoms with Gasteiger partial charge >= 0.3 is 0 Å². The van der Waals surface area contributed by atoms with Crippen molar-refractivity contribution in [3.8, 4) is 0 Å². The Balaban J connectivity index is 2.23. The second kappa shape index (κ2) is 6.38. The normalized spacial score (nSPS) is 11.6. The number of benzene rings is 2. The van der Waals surface area contributed by atoms with Crippen LogP contribution in [0.2, 0.25) is 0 Å². The molecule has 2 nitrogen and oxygen atoms in total. The van der Waals surface area contributed by atoms with Crippen molar-refractivity contribution < 1.29 is 9.60 Å². The lowest BCUT2D eigenvalue weighted by Gasteiger charge is -2.06. The molecule has 0 aliphatic rings. The molecule has 0 radical (unpaired) electrons. The molecular weight excluding hydrogens is 261 g/mol. The Bertz CT molecular complexity index is 584. The fourth-order valence-electron chi connectivity index (χ4n) is 1.84. The third-order valence-electron chi connectivity index (χ3n) is 2.82. The first kappa shape index (κ1) is 13.6. The second-order valence-electron chi connectivity index (χ2n) is 4.06. The van der Waals surface area contributed by atoms with Crippen molar-refractivity contribution in [3.05, 3.63) is 65.5 Å². The predicted molar refractivity (Wildman–Crippen MR) is 76.7 cm³/mol. The molecule has 0 spiro atoms. The van der Waals surface area contributed by atoms with E-state index in [1.165, 1.54) is 17.8 Å². The van der Waals surface area contributed by atoms with Crippen LogP contribution in [0.15, 0.2) is 58.6 Å². The van der Waals surface area contributed by atoms with Gasteiger partial charge in [0.2, 0.25) is 0 Å². The van der Waals surface area contributed by atoms with Crippen LogP contribution in [0.25, 0.3) is 0 Å². The molecule has 1 N–H and O–H groups in total. The quantitative estimate of drug-likeness (QED) is 0.396. The number of thioether (sulfide) groups is 1. The van der Waals surface area contributed by atoms with Gasteiger partial charge in [0.1, 0.15) is 5.82 Å². The highest BCUT2D eigenvalue weighted by molar-refractivity contribution is 7.98. The van der Waals surface area contributed by atoms with E-state index in [1.54, 1.807) is 6.07 Å². The molecule has 0 saturated heterocycles. The minimum atomic E-state index is -0.240. The molecule has 0 aromatic heterocycles. The molecule has 0 unspecified atom stereocenters. The summed E-state index contributed by atoms with van der Waals surface area (Å²) in [6.07, 6.45) is 2.23. The summed E-state index contributed by atoms with van der Waals surface area (Å²) in [7, 11) is 0. The minimum absolute atomic E-state index is 0.240. The number of rotatable bonds is 4. The van der Waals surface area contributed by atoms with Crippen molar-refractivity contribution in [1.82, 2.24) is 0 Å². The molecule has 0 saturated carbocycles. The minimum Gasteiger partial charge on any atom is -0.411 e. The van der Waals surface area contributed by atoms with Crippen LogP contribution in [-0.2, 0) is 6.42 Å². The van der Waals surface area contributed by atoms with Gasteiger partial charge in [-0.2, -0.15) is 0 Å². The molecule has 4 heteroatoms.